The molecular weight excluding hydrogens is 244 g/mol. The highest BCUT2D eigenvalue weighted by molar-refractivity contribution is 6.33. The summed E-state index contributed by atoms with van der Waals surface area (Å²) in [5, 5.41) is 4.45. The number of aryl methyl sites for hydroxylation is 1. The first-order valence-corrected chi connectivity index (χ1v) is 7.32. The Morgan fingerprint density at radius 2 is 2.17 bits per heavy atom. The summed E-state index contributed by atoms with van der Waals surface area (Å²) in [5.74, 6) is 0. The second kappa shape index (κ2) is 6.44. The van der Waals surface area contributed by atoms with Gasteiger partial charge in [-0.1, -0.05) is 24.6 Å². The maximum atomic E-state index is 6.24. The van der Waals surface area contributed by atoms with Gasteiger partial charge in [-0.15, -0.1) is 0 Å². The van der Waals surface area contributed by atoms with Gasteiger partial charge in [0.25, 0.3) is 0 Å². The molecular formula is C15H23ClN2. The van der Waals surface area contributed by atoms with Gasteiger partial charge in [0.15, 0.2) is 0 Å². The number of benzene rings is 1. The molecule has 1 aliphatic rings. The molecule has 1 fully saturated rings. The number of nitrogens with one attached hydrogen (secondary N) is 1. The van der Waals surface area contributed by atoms with Crippen molar-refractivity contribution < 1.29 is 0 Å². The molecule has 1 N–H and O–H groups in total. The molecule has 0 bridgehead atoms. The molecule has 1 saturated heterocycles. The molecule has 1 aromatic rings. The zero-order valence-electron chi connectivity index (χ0n) is 11.4. The van der Waals surface area contributed by atoms with Crippen molar-refractivity contribution in [1.29, 1.82) is 0 Å². The Kier molecular flexibility index (Phi) is 4.90. The van der Waals surface area contributed by atoms with E-state index in [1.165, 1.54) is 37.9 Å². The number of rotatable bonds is 3. The van der Waals surface area contributed by atoms with E-state index in [0.29, 0.717) is 6.04 Å². The normalized spacial score (nSPS) is 21.6. The molecule has 0 aliphatic carbocycles. The Balaban J connectivity index is 1.98. The highest BCUT2D eigenvalue weighted by Crippen LogP contribution is 2.25. The van der Waals surface area contributed by atoms with Crippen LogP contribution in [0, 0.1) is 6.92 Å². The van der Waals surface area contributed by atoms with Crippen LogP contribution in [0.3, 0.4) is 0 Å². The summed E-state index contributed by atoms with van der Waals surface area (Å²) in [6, 6.07) is 6.74. The molecule has 0 amide bonds. The van der Waals surface area contributed by atoms with Crippen molar-refractivity contribution in [1.82, 2.24) is 4.90 Å². The predicted molar refractivity (Wildman–Crippen MR) is 79.6 cm³/mol. The first-order valence-electron chi connectivity index (χ1n) is 6.94. The number of nitrogens with zero attached hydrogens (tertiary/aromatic N) is 1. The van der Waals surface area contributed by atoms with Gasteiger partial charge < -0.3 is 10.2 Å². The topological polar surface area (TPSA) is 15.3 Å². The van der Waals surface area contributed by atoms with Gasteiger partial charge in [-0.25, -0.2) is 0 Å². The maximum Gasteiger partial charge on any atom is 0.0637 e. The van der Waals surface area contributed by atoms with Crippen molar-refractivity contribution in [3.05, 3.63) is 28.8 Å². The molecule has 2 nitrogen and oxygen atoms in total. The van der Waals surface area contributed by atoms with Crippen LogP contribution < -0.4 is 5.32 Å². The van der Waals surface area contributed by atoms with Crippen molar-refractivity contribution in [2.24, 2.45) is 0 Å². The third-order valence-electron chi connectivity index (χ3n) is 3.75. The highest BCUT2D eigenvalue weighted by atomic mass is 35.5. The zero-order valence-corrected chi connectivity index (χ0v) is 12.1. The molecule has 1 aromatic carbocycles. The summed E-state index contributed by atoms with van der Waals surface area (Å²) >= 11 is 6.24. The summed E-state index contributed by atoms with van der Waals surface area (Å²) in [6.07, 6.45) is 3.72. The minimum Gasteiger partial charge on any atom is -0.381 e. The van der Waals surface area contributed by atoms with E-state index < -0.39 is 0 Å². The van der Waals surface area contributed by atoms with E-state index in [-0.39, 0.29) is 0 Å². The molecule has 0 aromatic heterocycles. The molecule has 0 radical (unpaired) electrons. The fourth-order valence-corrected chi connectivity index (χ4v) is 2.76. The number of likely N-dealkylation sites (tertiary alicyclic amines) is 1. The average Bonchev–Trinajstić information content (AvgIpc) is 2.59. The van der Waals surface area contributed by atoms with Gasteiger partial charge in [0, 0.05) is 12.6 Å². The quantitative estimate of drug-likeness (QED) is 0.892. The Morgan fingerprint density at radius 3 is 2.94 bits per heavy atom. The molecule has 2 rings (SSSR count). The van der Waals surface area contributed by atoms with Crippen LogP contribution in [0.25, 0.3) is 0 Å². The third-order valence-corrected chi connectivity index (χ3v) is 4.08. The molecule has 1 atom stereocenters. The SMILES string of the molecule is CCN1CCCC(Nc2cc(C)ccc2Cl)CC1. The lowest BCUT2D eigenvalue weighted by atomic mass is 10.1. The van der Waals surface area contributed by atoms with Gasteiger partial charge >= 0.3 is 0 Å². The van der Waals surface area contributed by atoms with E-state index in [2.05, 4.69) is 36.2 Å². The van der Waals surface area contributed by atoms with Crippen LogP contribution in [0.15, 0.2) is 18.2 Å². The van der Waals surface area contributed by atoms with E-state index in [1.807, 2.05) is 6.07 Å². The van der Waals surface area contributed by atoms with Gasteiger partial charge in [0.1, 0.15) is 0 Å². The molecule has 1 aliphatic heterocycles. The van der Waals surface area contributed by atoms with Crippen LogP contribution in [0.2, 0.25) is 5.02 Å². The van der Waals surface area contributed by atoms with Gasteiger partial charge in [0.2, 0.25) is 0 Å². The summed E-state index contributed by atoms with van der Waals surface area (Å²) in [5.41, 5.74) is 2.34. The van der Waals surface area contributed by atoms with E-state index in [9.17, 15) is 0 Å². The van der Waals surface area contributed by atoms with Crippen molar-refractivity contribution in [2.45, 2.75) is 39.2 Å². The molecule has 1 heterocycles. The molecule has 3 heteroatoms. The lowest BCUT2D eigenvalue weighted by Crippen LogP contribution is -2.26. The molecule has 18 heavy (non-hydrogen) atoms. The first kappa shape index (κ1) is 13.7. The standard InChI is InChI=1S/C15H23ClN2/c1-3-18-9-4-5-13(8-10-18)17-15-11-12(2)6-7-14(15)16/h6-7,11,13,17H,3-5,8-10H2,1-2H3. The number of anilines is 1. The second-order valence-electron chi connectivity index (χ2n) is 5.19. The minimum atomic E-state index is 0.556. The Bertz CT molecular complexity index is 392. The molecule has 0 spiro atoms. The second-order valence-corrected chi connectivity index (χ2v) is 5.60. The molecule has 100 valence electrons. The van der Waals surface area contributed by atoms with Crippen molar-refractivity contribution >= 4 is 17.3 Å². The minimum absolute atomic E-state index is 0.556. The van der Waals surface area contributed by atoms with Gasteiger partial charge in [-0.3, -0.25) is 0 Å². The van der Waals surface area contributed by atoms with Crippen molar-refractivity contribution in [3.63, 3.8) is 0 Å². The number of hydrogen-bond acceptors (Lipinski definition) is 2. The van der Waals surface area contributed by atoms with Crippen LogP contribution >= 0.6 is 11.6 Å². The molecule has 1 unspecified atom stereocenters. The predicted octanol–water partition coefficient (Wildman–Crippen LogP) is 3.93. The van der Waals surface area contributed by atoms with Gasteiger partial charge in [-0.05, 0) is 57.0 Å². The van der Waals surface area contributed by atoms with Crippen LogP contribution in [-0.4, -0.2) is 30.6 Å². The Hall–Kier alpha value is -0.730. The lowest BCUT2D eigenvalue weighted by molar-refractivity contribution is 0.300. The summed E-state index contributed by atoms with van der Waals surface area (Å²) in [7, 11) is 0. The first-order chi connectivity index (χ1) is 8.69. The maximum absolute atomic E-state index is 6.24. The number of hydrogen-bond donors (Lipinski definition) is 1. The third kappa shape index (κ3) is 3.63. The fraction of sp³-hybridized carbons (Fsp3) is 0.600. The zero-order chi connectivity index (χ0) is 13.0. The number of halogens is 1. The van der Waals surface area contributed by atoms with Crippen LogP contribution in [0.4, 0.5) is 5.69 Å². The monoisotopic (exact) mass is 266 g/mol. The van der Waals surface area contributed by atoms with E-state index in [4.69, 9.17) is 11.6 Å². The average molecular weight is 267 g/mol. The Morgan fingerprint density at radius 1 is 1.33 bits per heavy atom. The fourth-order valence-electron chi connectivity index (χ4n) is 2.59. The largest absolute Gasteiger partial charge is 0.381 e. The summed E-state index contributed by atoms with van der Waals surface area (Å²) < 4.78 is 0. The summed E-state index contributed by atoms with van der Waals surface area (Å²) in [4.78, 5) is 2.53. The van der Waals surface area contributed by atoms with E-state index in [0.717, 1.165) is 17.3 Å². The van der Waals surface area contributed by atoms with Crippen LogP contribution in [0.1, 0.15) is 31.7 Å². The van der Waals surface area contributed by atoms with Gasteiger partial charge in [-0.2, -0.15) is 0 Å². The molecule has 0 saturated carbocycles. The van der Waals surface area contributed by atoms with Gasteiger partial charge in [0.05, 0.1) is 10.7 Å². The van der Waals surface area contributed by atoms with Crippen LogP contribution in [0.5, 0.6) is 0 Å². The Labute approximate surface area is 115 Å². The van der Waals surface area contributed by atoms with E-state index >= 15 is 0 Å². The van der Waals surface area contributed by atoms with E-state index in [1.54, 1.807) is 0 Å². The van der Waals surface area contributed by atoms with Crippen molar-refractivity contribution in [3.8, 4) is 0 Å². The van der Waals surface area contributed by atoms with Crippen LogP contribution in [-0.2, 0) is 0 Å². The smallest absolute Gasteiger partial charge is 0.0637 e. The van der Waals surface area contributed by atoms with Crippen molar-refractivity contribution in [2.75, 3.05) is 25.0 Å². The highest BCUT2D eigenvalue weighted by Gasteiger charge is 2.16. The summed E-state index contributed by atoms with van der Waals surface area (Å²) in [6.45, 7) is 7.93. The lowest BCUT2D eigenvalue weighted by Gasteiger charge is -2.20.